The summed E-state index contributed by atoms with van der Waals surface area (Å²) in [5, 5.41) is 32.7. The number of benzene rings is 1. The van der Waals surface area contributed by atoms with Crippen LogP contribution in [0, 0.1) is 36.5 Å². The molecule has 6 N–H and O–H groups in total. The molecule has 2 heterocycles. The first kappa shape index (κ1) is 76.0. The van der Waals surface area contributed by atoms with E-state index in [0.717, 1.165) is 41.0 Å². The van der Waals surface area contributed by atoms with Crippen LogP contribution in [0.1, 0.15) is 185 Å². The van der Waals surface area contributed by atoms with Gasteiger partial charge in [0.05, 0.1) is 31.3 Å². The molecule has 0 saturated carbocycles. The molecule has 1 aliphatic heterocycles. The fourth-order valence-electron chi connectivity index (χ4n) is 10.2. The molecule has 23 heteroatoms. The SMILES string of the molecule is CCCO[C@H](C[C@H](C(C)C)N(CCC)C(=O)[C@@H](CC(=O)C(C)(C)N(C)C)C(C)CC)c1nc(C(=O)N[C@@H](Cc2ccc(C)c(NC(=O)CCCNC(=O)C(CCCCNC(=O)CCOCCO)CC(=O)CCN3C(=O)C=CC3=O)c2)CC(C)C(=O)O)cs1. The molecule has 0 radical (unpaired) electrons. The lowest BCUT2D eigenvalue weighted by Crippen LogP contribution is -2.51. The summed E-state index contributed by atoms with van der Waals surface area (Å²) in [6.45, 7) is 20.8. The monoisotopic (exact) mass is 1250 g/mol. The van der Waals surface area contributed by atoms with E-state index in [-0.39, 0.29) is 137 Å². The normalized spacial score (nSPS) is 14.9. The fraction of sp³-hybridized carbons (Fsp3) is 0.677. The van der Waals surface area contributed by atoms with E-state index >= 15 is 0 Å². The number of thiazole rings is 1. The molecule has 2 aromatic rings. The van der Waals surface area contributed by atoms with Crippen LogP contribution in [0.4, 0.5) is 5.69 Å². The van der Waals surface area contributed by atoms with Crippen molar-refractivity contribution < 1.29 is 67.6 Å². The van der Waals surface area contributed by atoms with E-state index in [4.69, 9.17) is 19.6 Å². The van der Waals surface area contributed by atoms with E-state index < -0.39 is 65.0 Å². The van der Waals surface area contributed by atoms with Gasteiger partial charge in [-0.2, -0.15) is 0 Å². The van der Waals surface area contributed by atoms with E-state index in [1.54, 1.807) is 18.4 Å². The van der Waals surface area contributed by atoms with Crippen LogP contribution in [-0.4, -0.2) is 173 Å². The Kier molecular flexibility index (Phi) is 33.7. The molecule has 1 aliphatic rings. The van der Waals surface area contributed by atoms with Gasteiger partial charge in [-0.05, 0) is 109 Å². The number of aliphatic carboxylic acids is 1. The Balaban J connectivity index is 1.73. The molecule has 0 fully saturated rings. The molecule has 0 bridgehead atoms. The lowest BCUT2D eigenvalue weighted by molar-refractivity contribution is -0.145. The van der Waals surface area contributed by atoms with Crippen molar-refractivity contribution in [3.05, 3.63) is 57.6 Å². The van der Waals surface area contributed by atoms with Crippen LogP contribution < -0.4 is 21.3 Å². The number of unbranched alkanes of at least 4 members (excludes halogenated alkanes) is 1. The predicted molar refractivity (Wildman–Crippen MR) is 338 cm³/mol. The summed E-state index contributed by atoms with van der Waals surface area (Å²) in [6, 6.07) is 4.52. The smallest absolute Gasteiger partial charge is 0.306 e. The quantitative estimate of drug-likeness (QED) is 0.0278. The Morgan fingerprint density at radius 1 is 0.830 bits per heavy atom. The topological polar surface area (TPSA) is 300 Å². The van der Waals surface area contributed by atoms with Crippen LogP contribution in [0.2, 0.25) is 0 Å². The van der Waals surface area contributed by atoms with Gasteiger partial charge in [-0.25, -0.2) is 4.98 Å². The van der Waals surface area contributed by atoms with Gasteiger partial charge in [-0.3, -0.25) is 57.7 Å². The fourth-order valence-corrected chi connectivity index (χ4v) is 11.1. The maximum atomic E-state index is 14.9. The Morgan fingerprint density at radius 2 is 1.52 bits per heavy atom. The third kappa shape index (κ3) is 25.3. The molecule has 7 atom stereocenters. The lowest BCUT2D eigenvalue weighted by Gasteiger charge is -2.40. The highest BCUT2D eigenvalue weighted by Crippen LogP contribution is 2.34. The Labute approximate surface area is 525 Å². The van der Waals surface area contributed by atoms with Crippen molar-refractivity contribution in [1.29, 1.82) is 0 Å². The summed E-state index contributed by atoms with van der Waals surface area (Å²) in [6.07, 6.45) is 6.21. The first-order valence-electron chi connectivity index (χ1n) is 31.5. The van der Waals surface area contributed by atoms with Crippen LogP contribution >= 0.6 is 11.3 Å². The van der Waals surface area contributed by atoms with Gasteiger partial charge in [-0.15, -0.1) is 11.3 Å². The summed E-state index contributed by atoms with van der Waals surface area (Å²) >= 11 is 1.28. The molecule has 492 valence electrons. The highest BCUT2D eigenvalue weighted by atomic mass is 32.1. The number of ether oxygens (including phenoxy) is 2. The van der Waals surface area contributed by atoms with E-state index in [2.05, 4.69) is 35.1 Å². The third-order valence-corrected chi connectivity index (χ3v) is 17.4. The number of carboxylic acids is 1. The summed E-state index contributed by atoms with van der Waals surface area (Å²) in [4.78, 5) is 141. The van der Waals surface area contributed by atoms with Gasteiger partial charge in [-0.1, -0.05) is 73.4 Å². The zero-order valence-electron chi connectivity index (χ0n) is 54.3. The molecule has 0 saturated heterocycles. The zero-order chi connectivity index (χ0) is 65.7. The molecular weight excluding hydrogens is 1150 g/mol. The number of nitrogens with one attached hydrogen (secondary N) is 4. The Morgan fingerprint density at radius 3 is 2.15 bits per heavy atom. The number of rotatable bonds is 45. The molecule has 0 spiro atoms. The molecule has 88 heavy (non-hydrogen) atoms. The minimum atomic E-state index is -1.03. The summed E-state index contributed by atoms with van der Waals surface area (Å²) in [5.74, 6) is -5.96. The van der Waals surface area contributed by atoms with Crippen LogP contribution in [0.3, 0.4) is 0 Å². The summed E-state index contributed by atoms with van der Waals surface area (Å²) in [5.41, 5.74) is 1.37. The molecule has 3 unspecified atom stereocenters. The van der Waals surface area contributed by atoms with Crippen molar-refractivity contribution >= 4 is 75.9 Å². The van der Waals surface area contributed by atoms with Gasteiger partial charge in [0, 0.05) is 118 Å². The van der Waals surface area contributed by atoms with E-state index in [0.29, 0.717) is 62.5 Å². The molecule has 3 rings (SSSR count). The van der Waals surface area contributed by atoms with Crippen LogP contribution in [0.25, 0.3) is 0 Å². The van der Waals surface area contributed by atoms with Crippen molar-refractivity contribution in [2.45, 2.75) is 189 Å². The predicted octanol–water partition coefficient (Wildman–Crippen LogP) is 7.40. The number of imide groups is 1. The van der Waals surface area contributed by atoms with Gasteiger partial charge in [0.1, 0.15) is 22.6 Å². The maximum absolute atomic E-state index is 14.9. The number of likely N-dealkylation sites (N-methyl/N-ethyl adjacent to an activating group) is 1. The van der Waals surface area contributed by atoms with E-state index in [1.165, 1.54) is 11.3 Å². The minimum Gasteiger partial charge on any atom is -0.481 e. The van der Waals surface area contributed by atoms with Gasteiger partial charge >= 0.3 is 5.97 Å². The first-order valence-corrected chi connectivity index (χ1v) is 32.4. The number of aliphatic hydroxyl groups is 1. The number of Topliss-reactive ketones (excluding diaryl/α,β-unsaturated/α-hetero) is 2. The molecular formula is C65H102N8O14S. The number of hydrogen-bond donors (Lipinski definition) is 6. The number of aliphatic hydroxyl groups excluding tert-OH is 1. The van der Waals surface area contributed by atoms with Gasteiger partial charge < -0.3 is 45.9 Å². The molecule has 7 amide bonds. The minimum absolute atomic E-state index is 0.00359. The van der Waals surface area contributed by atoms with Crippen molar-refractivity contribution in [1.82, 2.24) is 35.6 Å². The maximum Gasteiger partial charge on any atom is 0.306 e. The Hall–Kier alpha value is -6.27. The van der Waals surface area contributed by atoms with Crippen LogP contribution in [0.15, 0.2) is 35.7 Å². The van der Waals surface area contributed by atoms with Gasteiger partial charge in [0.2, 0.25) is 23.6 Å². The van der Waals surface area contributed by atoms with Crippen LogP contribution in [0.5, 0.6) is 0 Å². The second kappa shape index (κ2) is 39.0. The lowest BCUT2D eigenvalue weighted by atomic mass is 9.81. The second-order valence-corrected chi connectivity index (χ2v) is 25.2. The second-order valence-electron chi connectivity index (χ2n) is 24.3. The number of aromatic nitrogens is 1. The van der Waals surface area contributed by atoms with E-state index in [9.17, 15) is 53.1 Å². The molecule has 22 nitrogen and oxygen atoms in total. The first-order chi connectivity index (χ1) is 41.7. The van der Waals surface area contributed by atoms with Gasteiger partial charge in [0.15, 0.2) is 5.78 Å². The van der Waals surface area contributed by atoms with Crippen molar-refractivity contribution in [3.63, 3.8) is 0 Å². The summed E-state index contributed by atoms with van der Waals surface area (Å²) < 4.78 is 11.6. The molecule has 0 aliphatic carbocycles. The van der Waals surface area contributed by atoms with Crippen molar-refractivity contribution in [2.24, 2.45) is 29.6 Å². The Bertz CT molecular complexity index is 2640. The molecule has 1 aromatic carbocycles. The number of carbonyl (C=O) groups is 10. The number of carboxylic acid groups (broad SMARTS) is 1. The highest BCUT2D eigenvalue weighted by Gasteiger charge is 2.40. The highest BCUT2D eigenvalue weighted by molar-refractivity contribution is 7.09. The van der Waals surface area contributed by atoms with Crippen molar-refractivity contribution in [2.75, 3.05) is 72.0 Å². The average Bonchev–Trinajstić information content (AvgIpc) is 2.02. The number of hydrogen-bond acceptors (Lipinski definition) is 16. The number of anilines is 1. The van der Waals surface area contributed by atoms with E-state index in [1.807, 2.05) is 84.5 Å². The number of ketones is 2. The largest absolute Gasteiger partial charge is 0.481 e. The number of aryl methyl sites for hydroxylation is 1. The summed E-state index contributed by atoms with van der Waals surface area (Å²) in [7, 11) is 3.73. The van der Waals surface area contributed by atoms with Gasteiger partial charge in [0.25, 0.3) is 17.7 Å². The number of carbonyl (C=O) groups excluding carboxylic acids is 9. The molecule has 1 aromatic heterocycles. The number of nitrogens with zero attached hydrogens (tertiary/aromatic N) is 4. The standard InChI is InChI=1S/C65H102N8O14S/c1-13-29-72(63(83)50(43(6)15-3)39-55(76)65(9,10)71(11)12)53(42(4)5)40-54(87-32-14-2)62-70-52(41-88-62)61(82)68-48(35-45(8)64(84)85)36-46-22-21-44(7)51(37-46)69-57(78)20-18-28-67-60(81)47(19-16-17-27-66-56(77)26-33-86-34-31-74)38-49(75)25-30-73-58(79)23-24-59(73)80/h21-24,37,41-43,45,47-48,50,53-54,74H,13-20,25-36,38-40H2,1-12H3,(H,66,77)(H,67,81)(H,68,82)(H,69,78)(H,84,85)/t43?,45?,47?,48-,50+,53-,54-/m1/s1. The van der Waals surface area contributed by atoms with Crippen molar-refractivity contribution in [3.8, 4) is 0 Å². The third-order valence-electron chi connectivity index (χ3n) is 16.5. The average molecular weight is 1250 g/mol. The zero-order valence-corrected chi connectivity index (χ0v) is 55.2. The van der Waals surface area contributed by atoms with Crippen LogP contribution in [-0.2, 0) is 59.0 Å². The number of amides is 7.